The van der Waals surface area contributed by atoms with Gasteiger partial charge in [0.2, 0.25) is 5.91 Å². The van der Waals surface area contributed by atoms with E-state index in [-0.39, 0.29) is 29.5 Å². The number of halogens is 1. The lowest BCUT2D eigenvalue weighted by molar-refractivity contribution is -0.125. The Morgan fingerprint density at radius 1 is 0.875 bits per heavy atom. The second kappa shape index (κ2) is 9.35. The van der Waals surface area contributed by atoms with Gasteiger partial charge in [0, 0.05) is 31.1 Å². The molecule has 4 nitrogen and oxygen atoms in total. The second-order valence-corrected chi connectivity index (χ2v) is 8.54. The van der Waals surface area contributed by atoms with Crippen LogP contribution in [0.1, 0.15) is 38.5 Å². The smallest absolute Gasteiger partial charge is 0.253 e. The van der Waals surface area contributed by atoms with Crippen LogP contribution in [0.15, 0.2) is 72.8 Å². The SMILES string of the molecule is Cc1ccc(C(=O)N2C[C@H](C(=O)NCc3ccc(F)cc3)[C@H](c3ccc(C)cc3)C2)cc1. The highest BCUT2D eigenvalue weighted by Crippen LogP contribution is 2.34. The van der Waals surface area contributed by atoms with E-state index in [1.54, 1.807) is 17.0 Å². The van der Waals surface area contributed by atoms with Crippen molar-refractivity contribution in [2.24, 2.45) is 5.92 Å². The maximum Gasteiger partial charge on any atom is 0.253 e. The van der Waals surface area contributed by atoms with E-state index in [0.29, 0.717) is 25.2 Å². The van der Waals surface area contributed by atoms with Crippen LogP contribution >= 0.6 is 0 Å². The normalized spacial score (nSPS) is 17.9. The van der Waals surface area contributed by atoms with Crippen LogP contribution in [0.4, 0.5) is 4.39 Å². The first-order valence-corrected chi connectivity index (χ1v) is 10.9. The molecule has 1 aliphatic heterocycles. The summed E-state index contributed by atoms with van der Waals surface area (Å²) in [5.41, 5.74) is 4.76. The van der Waals surface area contributed by atoms with Crippen molar-refractivity contribution in [3.8, 4) is 0 Å². The third-order valence-electron chi connectivity index (χ3n) is 6.13. The summed E-state index contributed by atoms with van der Waals surface area (Å²) in [6, 6.07) is 21.8. The molecule has 5 heteroatoms. The largest absolute Gasteiger partial charge is 0.352 e. The summed E-state index contributed by atoms with van der Waals surface area (Å²) in [6.07, 6.45) is 0. The predicted octanol–water partition coefficient (Wildman–Crippen LogP) is 4.61. The molecule has 1 aliphatic rings. The standard InChI is InChI=1S/C27H27FN2O2/c1-18-3-9-21(10-4-18)24-16-30(27(32)22-11-5-19(2)6-12-22)17-25(24)26(31)29-15-20-7-13-23(28)14-8-20/h3-14,24-25H,15-17H2,1-2H3,(H,29,31)/t24-,25-/m0/s1. The molecule has 32 heavy (non-hydrogen) atoms. The average molecular weight is 431 g/mol. The van der Waals surface area contributed by atoms with E-state index < -0.39 is 0 Å². The molecule has 1 heterocycles. The number of hydrogen-bond donors (Lipinski definition) is 1. The van der Waals surface area contributed by atoms with E-state index in [1.165, 1.54) is 12.1 Å². The molecular formula is C27H27FN2O2. The monoisotopic (exact) mass is 430 g/mol. The van der Waals surface area contributed by atoms with Crippen LogP contribution in [0, 0.1) is 25.6 Å². The summed E-state index contributed by atoms with van der Waals surface area (Å²) in [5.74, 6) is -0.901. The van der Waals surface area contributed by atoms with Gasteiger partial charge in [-0.15, -0.1) is 0 Å². The fourth-order valence-corrected chi connectivity index (χ4v) is 4.19. The third kappa shape index (κ3) is 4.88. The van der Waals surface area contributed by atoms with Gasteiger partial charge < -0.3 is 10.2 Å². The van der Waals surface area contributed by atoms with E-state index in [0.717, 1.165) is 22.3 Å². The predicted molar refractivity (Wildman–Crippen MR) is 123 cm³/mol. The topological polar surface area (TPSA) is 49.4 Å². The lowest BCUT2D eigenvalue weighted by Crippen LogP contribution is -2.35. The number of carbonyl (C=O) groups excluding carboxylic acids is 2. The number of nitrogens with one attached hydrogen (secondary N) is 1. The lowest BCUT2D eigenvalue weighted by atomic mass is 9.88. The first-order chi connectivity index (χ1) is 15.4. The molecular weight excluding hydrogens is 403 g/mol. The number of likely N-dealkylation sites (tertiary alicyclic amines) is 1. The number of benzene rings is 3. The Bertz CT molecular complexity index is 1090. The number of amides is 2. The highest BCUT2D eigenvalue weighted by atomic mass is 19.1. The Hall–Kier alpha value is -3.47. The quantitative estimate of drug-likeness (QED) is 0.642. The summed E-state index contributed by atoms with van der Waals surface area (Å²) >= 11 is 0. The summed E-state index contributed by atoms with van der Waals surface area (Å²) in [6.45, 7) is 5.19. The van der Waals surface area contributed by atoms with E-state index in [2.05, 4.69) is 5.32 Å². The molecule has 2 amide bonds. The molecule has 1 saturated heterocycles. The maximum atomic E-state index is 13.2. The van der Waals surface area contributed by atoms with Crippen LogP contribution in [0.5, 0.6) is 0 Å². The zero-order valence-electron chi connectivity index (χ0n) is 18.3. The van der Waals surface area contributed by atoms with Crippen molar-refractivity contribution < 1.29 is 14.0 Å². The zero-order chi connectivity index (χ0) is 22.7. The average Bonchev–Trinajstić information content (AvgIpc) is 3.24. The fraction of sp³-hybridized carbons (Fsp3) is 0.259. The van der Waals surface area contributed by atoms with E-state index in [4.69, 9.17) is 0 Å². The number of rotatable bonds is 5. The highest BCUT2D eigenvalue weighted by Gasteiger charge is 2.40. The van der Waals surface area contributed by atoms with Gasteiger partial charge in [0.15, 0.2) is 0 Å². The molecule has 0 aliphatic carbocycles. The Morgan fingerprint density at radius 3 is 2.09 bits per heavy atom. The van der Waals surface area contributed by atoms with Crippen LogP contribution in [0.3, 0.4) is 0 Å². The van der Waals surface area contributed by atoms with Crippen LogP contribution < -0.4 is 5.32 Å². The van der Waals surface area contributed by atoms with Crippen LogP contribution in [0.25, 0.3) is 0 Å². The molecule has 1 fully saturated rings. The molecule has 0 aromatic heterocycles. The zero-order valence-corrected chi connectivity index (χ0v) is 18.3. The van der Waals surface area contributed by atoms with Gasteiger partial charge in [-0.05, 0) is 49.2 Å². The molecule has 2 atom stereocenters. The summed E-state index contributed by atoms with van der Waals surface area (Å²) < 4.78 is 13.2. The molecule has 0 saturated carbocycles. The third-order valence-corrected chi connectivity index (χ3v) is 6.13. The molecule has 164 valence electrons. The van der Waals surface area contributed by atoms with E-state index in [9.17, 15) is 14.0 Å². The molecule has 0 spiro atoms. The van der Waals surface area contributed by atoms with Gasteiger partial charge in [0.25, 0.3) is 5.91 Å². The Labute approximate surface area is 188 Å². The molecule has 4 rings (SSSR count). The number of carbonyl (C=O) groups is 2. The van der Waals surface area contributed by atoms with Gasteiger partial charge in [-0.3, -0.25) is 9.59 Å². The van der Waals surface area contributed by atoms with Gasteiger partial charge in [-0.2, -0.15) is 0 Å². The Balaban J connectivity index is 1.53. The van der Waals surface area contributed by atoms with Crippen LogP contribution in [-0.4, -0.2) is 29.8 Å². The van der Waals surface area contributed by atoms with Crippen molar-refractivity contribution in [1.82, 2.24) is 10.2 Å². The van der Waals surface area contributed by atoms with Gasteiger partial charge in [-0.1, -0.05) is 59.7 Å². The molecule has 0 bridgehead atoms. The van der Waals surface area contributed by atoms with Crippen molar-refractivity contribution in [2.45, 2.75) is 26.3 Å². The highest BCUT2D eigenvalue weighted by molar-refractivity contribution is 5.95. The van der Waals surface area contributed by atoms with Crippen molar-refractivity contribution >= 4 is 11.8 Å². The van der Waals surface area contributed by atoms with Crippen molar-refractivity contribution in [2.75, 3.05) is 13.1 Å². The molecule has 0 radical (unpaired) electrons. The van der Waals surface area contributed by atoms with Crippen molar-refractivity contribution in [3.63, 3.8) is 0 Å². The van der Waals surface area contributed by atoms with E-state index in [1.807, 2.05) is 62.4 Å². The Kier molecular flexibility index (Phi) is 6.35. The molecule has 3 aromatic rings. The van der Waals surface area contributed by atoms with Gasteiger partial charge in [-0.25, -0.2) is 4.39 Å². The minimum atomic E-state index is -0.354. The lowest BCUT2D eigenvalue weighted by Gasteiger charge is -2.18. The summed E-state index contributed by atoms with van der Waals surface area (Å²) in [4.78, 5) is 28.1. The fourth-order valence-electron chi connectivity index (χ4n) is 4.19. The van der Waals surface area contributed by atoms with Gasteiger partial charge in [0.1, 0.15) is 5.82 Å². The second-order valence-electron chi connectivity index (χ2n) is 8.54. The number of hydrogen-bond acceptors (Lipinski definition) is 2. The molecule has 0 unspecified atom stereocenters. The van der Waals surface area contributed by atoms with Crippen LogP contribution in [-0.2, 0) is 11.3 Å². The number of aryl methyl sites for hydroxylation is 2. The number of nitrogens with zero attached hydrogens (tertiary/aromatic N) is 1. The first kappa shape index (κ1) is 21.8. The van der Waals surface area contributed by atoms with Crippen LogP contribution in [0.2, 0.25) is 0 Å². The maximum absolute atomic E-state index is 13.2. The van der Waals surface area contributed by atoms with Gasteiger partial charge >= 0.3 is 0 Å². The first-order valence-electron chi connectivity index (χ1n) is 10.9. The van der Waals surface area contributed by atoms with Crippen molar-refractivity contribution in [1.29, 1.82) is 0 Å². The van der Waals surface area contributed by atoms with Gasteiger partial charge in [0.05, 0.1) is 5.92 Å². The molecule has 1 N–H and O–H groups in total. The molecule has 3 aromatic carbocycles. The van der Waals surface area contributed by atoms with E-state index >= 15 is 0 Å². The summed E-state index contributed by atoms with van der Waals surface area (Å²) in [7, 11) is 0. The van der Waals surface area contributed by atoms with Crippen molar-refractivity contribution in [3.05, 3.63) is 106 Å². The summed E-state index contributed by atoms with van der Waals surface area (Å²) in [5, 5.41) is 2.98. The minimum Gasteiger partial charge on any atom is -0.352 e. The Morgan fingerprint density at radius 2 is 1.47 bits per heavy atom. The minimum absolute atomic E-state index is 0.0593.